The summed E-state index contributed by atoms with van der Waals surface area (Å²) >= 11 is 6.83. The molecule has 0 spiro atoms. The van der Waals surface area contributed by atoms with E-state index in [1.54, 1.807) is 18.4 Å². The third kappa shape index (κ3) is 8.14. The van der Waals surface area contributed by atoms with Crippen LogP contribution in [-0.4, -0.2) is 72.3 Å². The quantitative estimate of drug-likeness (QED) is 0.239. The zero-order chi connectivity index (χ0) is 29.6. The lowest BCUT2D eigenvalue weighted by Crippen LogP contribution is -2.46. The maximum Gasteiger partial charge on any atom is 0.417 e. The molecular weight excluding hydrogens is 579 g/mol. The van der Waals surface area contributed by atoms with Gasteiger partial charge in [0.1, 0.15) is 5.00 Å². The van der Waals surface area contributed by atoms with E-state index in [0.29, 0.717) is 29.2 Å². The predicted octanol–water partition coefficient (Wildman–Crippen LogP) is 4.85. The number of aliphatic hydroxyl groups is 1. The van der Waals surface area contributed by atoms with E-state index in [2.05, 4.69) is 25.6 Å². The van der Waals surface area contributed by atoms with Gasteiger partial charge in [-0.15, -0.1) is 11.3 Å². The Bertz CT molecular complexity index is 1420. The Kier molecular flexibility index (Phi) is 10.2. The molecule has 41 heavy (non-hydrogen) atoms. The maximum atomic E-state index is 13.1. The molecule has 2 heterocycles. The van der Waals surface area contributed by atoms with E-state index in [-0.39, 0.29) is 23.6 Å². The number of aliphatic hydroxyl groups excluding tert-OH is 1. The van der Waals surface area contributed by atoms with Crippen LogP contribution >= 0.6 is 22.9 Å². The third-order valence-electron chi connectivity index (χ3n) is 6.58. The first kappa shape index (κ1) is 30.7. The first-order valence-corrected chi connectivity index (χ1v) is 14.0. The smallest absolute Gasteiger partial charge is 0.395 e. The largest absolute Gasteiger partial charge is 0.417 e. The van der Waals surface area contributed by atoms with Gasteiger partial charge in [-0.1, -0.05) is 29.8 Å². The van der Waals surface area contributed by atoms with Crippen molar-refractivity contribution in [2.24, 2.45) is 5.10 Å². The topological polar surface area (TPSA) is 97.3 Å². The lowest BCUT2D eigenvalue weighted by atomic mass is 10.1. The van der Waals surface area contributed by atoms with Crippen LogP contribution in [-0.2, 0) is 12.7 Å². The van der Waals surface area contributed by atoms with Crippen molar-refractivity contribution < 1.29 is 27.9 Å². The molecule has 0 radical (unpaired) electrons. The monoisotopic (exact) mass is 607 g/mol. The minimum absolute atomic E-state index is 0.101. The first-order valence-electron chi connectivity index (χ1n) is 12.8. The number of hydrogen-bond acceptors (Lipinski definition) is 7. The van der Waals surface area contributed by atoms with E-state index in [1.807, 2.05) is 18.2 Å². The van der Waals surface area contributed by atoms with E-state index < -0.39 is 22.7 Å². The molecule has 0 aliphatic carbocycles. The van der Waals surface area contributed by atoms with Gasteiger partial charge < -0.3 is 10.4 Å². The van der Waals surface area contributed by atoms with Gasteiger partial charge in [0, 0.05) is 44.8 Å². The number of amides is 2. The number of halogens is 4. The van der Waals surface area contributed by atoms with Gasteiger partial charge in [0.25, 0.3) is 11.8 Å². The number of carbonyl (C=O) groups is 2. The Morgan fingerprint density at radius 2 is 1.83 bits per heavy atom. The van der Waals surface area contributed by atoms with E-state index >= 15 is 0 Å². The molecule has 0 bridgehead atoms. The molecule has 1 aliphatic heterocycles. The van der Waals surface area contributed by atoms with Gasteiger partial charge >= 0.3 is 6.18 Å². The first-order chi connectivity index (χ1) is 19.5. The number of thiophene rings is 1. The predicted molar refractivity (Wildman–Crippen MR) is 154 cm³/mol. The maximum absolute atomic E-state index is 13.1. The molecule has 3 aromatic rings. The minimum Gasteiger partial charge on any atom is -0.395 e. The molecule has 13 heteroatoms. The highest BCUT2D eigenvalue weighted by Crippen LogP contribution is 2.35. The third-order valence-corrected chi connectivity index (χ3v) is 7.92. The Morgan fingerprint density at radius 1 is 1.10 bits per heavy atom. The van der Waals surface area contributed by atoms with Crippen LogP contribution in [0.15, 0.2) is 52.9 Å². The zero-order valence-corrected chi connectivity index (χ0v) is 23.7. The number of carbonyl (C=O) groups excluding carboxylic acids is 2. The molecule has 2 aromatic carbocycles. The number of hydrazone groups is 1. The number of aryl methyl sites for hydroxylation is 1. The van der Waals surface area contributed by atoms with Crippen molar-refractivity contribution in [1.29, 1.82) is 0 Å². The number of β-amino-alcohol motifs (C(OH)–C–C–N with tert-alkyl or cyclic N) is 1. The van der Waals surface area contributed by atoms with Gasteiger partial charge in [0.2, 0.25) is 0 Å². The van der Waals surface area contributed by atoms with Crippen LogP contribution in [0, 0.1) is 6.92 Å². The minimum atomic E-state index is -4.62. The Balaban J connectivity index is 1.39. The standard InChI is InChI=1S/C28H29ClF3N5O3S/c1-18-17-41-27(24(18)26(40)35-33-15-19-5-6-23(29)22(14-19)28(30,31)32)34-25(39)21-4-2-3-20(13-21)16-37-9-7-36(8-10-37)11-12-38/h2-6,13-15,17,38H,7-12,16H2,1H3,(H,34,39)(H,35,40). The van der Waals surface area contributed by atoms with Gasteiger partial charge in [0.15, 0.2) is 0 Å². The Hall–Kier alpha value is -3.29. The second-order valence-corrected chi connectivity index (χ2v) is 10.8. The van der Waals surface area contributed by atoms with Crippen molar-refractivity contribution in [3.8, 4) is 0 Å². The van der Waals surface area contributed by atoms with Crippen molar-refractivity contribution in [3.05, 3.63) is 86.2 Å². The molecule has 1 fully saturated rings. The molecule has 0 unspecified atom stereocenters. The summed E-state index contributed by atoms with van der Waals surface area (Å²) in [7, 11) is 0. The summed E-state index contributed by atoms with van der Waals surface area (Å²) in [5.74, 6) is -0.991. The van der Waals surface area contributed by atoms with E-state index in [1.165, 1.54) is 17.4 Å². The average molecular weight is 608 g/mol. The summed E-state index contributed by atoms with van der Waals surface area (Å²) < 4.78 is 39.3. The normalized spacial score (nSPS) is 14.9. The summed E-state index contributed by atoms with van der Waals surface area (Å²) in [5.41, 5.74) is 3.67. The van der Waals surface area contributed by atoms with Crippen LogP contribution in [0.1, 0.15) is 43.0 Å². The highest BCUT2D eigenvalue weighted by Gasteiger charge is 2.33. The van der Waals surface area contributed by atoms with Crippen molar-refractivity contribution in [2.45, 2.75) is 19.6 Å². The molecule has 4 rings (SSSR count). The highest BCUT2D eigenvalue weighted by atomic mass is 35.5. The van der Waals surface area contributed by atoms with Crippen LogP contribution in [0.3, 0.4) is 0 Å². The Morgan fingerprint density at radius 3 is 2.54 bits per heavy atom. The van der Waals surface area contributed by atoms with E-state index in [4.69, 9.17) is 16.7 Å². The fraction of sp³-hybridized carbons (Fsp3) is 0.321. The molecule has 8 nitrogen and oxygen atoms in total. The van der Waals surface area contributed by atoms with Crippen molar-refractivity contribution >= 4 is 46.0 Å². The number of nitrogens with one attached hydrogen (secondary N) is 2. The van der Waals surface area contributed by atoms with Gasteiger partial charge in [-0.05, 0) is 53.3 Å². The SMILES string of the molecule is Cc1csc(NC(=O)c2cccc(CN3CCN(CCO)CC3)c2)c1C(=O)NN=Cc1ccc(Cl)c(C(F)(F)F)c1. The summed E-state index contributed by atoms with van der Waals surface area (Å²) in [6.45, 7) is 6.71. The van der Waals surface area contributed by atoms with Crippen LogP contribution < -0.4 is 10.7 Å². The van der Waals surface area contributed by atoms with Gasteiger partial charge in [-0.25, -0.2) is 5.43 Å². The molecule has 218 valence electrons. The fourth-order valence-corrected chi connectivity index (χ4v) is 5.60. The van der Waals surface area contributed by atoms with Crippen LogP contribution in [0.25, 0.3) is 0 Å². The lowest BCUT2D eigenvalue weighted by molar-refractivity contribution is -0.137. The lowest BCUT2D eigenvalue weighted by Gasteiger charge is -2.34. The summed E-state index contributed by atoms with van der Waals surface area (Å²) in [6, 6.07) is 10.6. The average Bonchev–Trinajstić information content (AvgIpc) is 3.30. The van der Waals surface area contributed by atoms with Gasteiger partial charge in [-0.3, -0.25) is 19.4 Å². The summed E-state index contributed by atoms with van der Waals surface area (Å²) in [4.78, 5) is 30.5. The number of nitrogens with zero attached hydrogens (tertiary/aromatic N) is 3. The van der Waals surface area contributed by atoms with E-state index in [9.17, 15) is 22.8 Å². The molecule has 0 atom stereocenters. The van der Waals surface area contributed by atoms with Gasteiger partial charge in [0.05, 0.1) is 29.0 Å². The molecular formula is C28H29ClF3N5O3S. The number of anilines is 1. The van der Waals surface area contributed by atoms with Crippen molar-refractivity contribution in [3.63, 3.8) is 0 Å². The van der Waals surface area contributed by atoms with Crippen LogP contribution in [0.4, 0.5) is 18.2 Å². The zero-order valence-electron chi connectivity index (χ0n) is 22.2. The van der Waals surface area contributed by atoms with E-state index in [0.717, 1.165) is 50.1 Å². The second kappa shape index (κ2) is 13.6. The number of alkyl halides is 3. The van der Waals surface area contributed by atoms with Crippen LogP contribution in [0.5, 0.6) is 0 Å². The van der Waals surface area contributed by atoms with Crippen LogP contribution in [0.2, 0.25) is 5.02 Å². The highest BCUT2D eigenvalue weighted by molar-refractivity contribution is 7.15. The van der Waals surface area contributed by atoms with Crippen molar-refractivity contribution in [2.75, 3.05) is 44.6 Å². The number of piperazine rings is 1. The van der Waals surface area contributed by atoms with Crippen molar-refractivity contribution in [1.82, 2.24) is 15.2 Å². The number of benzene rings is 2. The number of rotatable bonds is 9. The summed E-state index contributed by atoms with van der Waals surface area (Å²) in [5, 5.41) is 17.3. The molecule has 2 amide bonds. The van der Waals surface area contributed by atoms with Gasteiger partial charge in [-0.2, -0.15) is 18.3 Å². The molecule has 1 aliphatic rings. The molecule has 1 aromatic heterocycles. The second-order valence-electron chi connectivity index (χ2n) is 9.55. The Labute approximate surface area is 244 Å². The summed E-state index contributed by atoms with van der Waals surface area (Å²) in [6.07, 6.45) is -3.54. The fourth-order valence-electron chi connectivity index (χ4n) is 4.44. The molecule has 0 saturated carbocycles. The molecule has 1 saturated heterocycles. The number of hydrogen-bond donors (Lipinski definition) is 3. The molecule has 3 N–H and O–H groups in total.